The maximum atomic E-state index is 12.7. The van der Waals surface area contributed by atoms with E-state index in [2.05, 4.69) is 29.4 Å². The first kappa shape index (κ1) is 22.3. The highest BCUT2D eigenvalue weighted by molar-refractivity contribution is 5.94. The second kappa shape index (κ2) is 9.69. The van der Waals surface area contributed by atoms with Crippen molar-refractivity contribution in [2.75, 3.05) is 13.7 Å². The van der Waals surface area contributed by atoms with Crippen LogP contribution in [-0.4, -0.2) is 29.8 Å². The standard InChI is InChI=1S/C27H27N3O3/c1-17-5-6-23(27-30-29-19(3)33-27)15-25(17)21-7-9-22(10-8-21)26(31)28-16-18(2)20-11-13-24(32-4)14-12-20/h5-15,18H,16H2,1-4H3,(H,28,31). The fourth-order valence-electron chi connectivity index (χ4n) is 3.68. The van der Waals surface area contributed by atoms with Crippen LogP contribution in [-0.2, 0) is 0 Å². The molecule has 6 nitrogen and oxygen atoms in total. The van der Waals surface area contributed by atoms with Crippen LogP contribution in [0.1, 0.15) is 40.2 Å². The molecule has 0 aliphatic carbocycles. The van der Waals surface area contributed by atoms with Gasteiger partial charge in [-0.25, -0.2) is 0 Å². The zero-order valence-electron chi connectivity index (χ0n) is 19.3. The van der Waals surface area contributed by atoms with E-state index in [1.165, 1.54) is 0 Å². The molecular formula is C27H27N3O3. The summed E-state index contributed by atoms with van der Waals surface area (Å²) in [7, 11) is 1.65. The number of rotatable bonds is 7. The average molecular weight is 442 g/mol. The first-order valence-electron chi connectivity index (χ1n) is 10.9. The number of methoxy groups -OCH3 is 1. The predicted molar refractivity (Wildman–Crippen MR) is 128 cm³/mol. The number of aryl methyl sites for hydroxylation is 2. The van der Waals surface area contributed by atoms with Crippen molar-refractivity contribution in [3.05, 3.63) is 89.3 Å². The maximum absolute atomic E-state index is 12.7. The molecular weight excluding hydrogens is 414 g/mol. The molecule has 1 atom stereocenters. The van der Waals surface area contributed by atoms with Gasteiger partial charge in [-0.05, 0) is 71.5 Å². The van der Waals surface area contributed by atoms with Gasteiger partial charge in [0.15, 0.2) is 0 Å². The Morgan fingerprint density at radius 2 is 1.67 bits per heavy atom. The van der Waals surface area contributed by atoms with Gasteiger partial charge in [0.2, 0.25) is 11.8 Å². The molecule has 1 unspecified atom stereocenters. The van der Waals surface area contributed by atoms with Gasteiger partial charge < -0.3 is 14.5 Å². The lowest BCUT2D eigenvalue weighted by Crippen LogP contribution is -2.27. The highest BCUT2D eigenvalue weighted by Crippen LogP contribution is 2.29. The fourth-order valence-corrected chi connectivity index (χ4v) is 3.68. The Kier molecular flexibility index (Phi) is 6.54. The molecule has 3 aromatic carbocycles. The number of nitrogens with one attached hydrogen (secondary N) is 1. The molecule has 0 fully saturated rings. The first-order chi connectivity index (χ1) is 15.9. The van der Waals surface area contributed by atoms with E-state index in [9.17, 15) is 4.79 Å². The van der Waals surface area contributed by atoms with Crippen LogP contribution in [0.15, 0.2) is 71.1 Å². The minimum absolute atomic E-state index is 0.0891. The minimum atomic E-state index is -0.0891. The second-order valence-electron chi connectivity index (χ2n) is 8.12. The van der Waals surface area contributed by atoms with Crippen LogP contribution in [0.25, 0.3) is 22.6 Å². The van der Waals surface area contributed by atoms with E-state index in [1.54, 1.807) is 14.0 Å². The SMILES string of the molecule is COc1ccc(C(C)CNC(=O)c2ccc(-c3cc(-c4nnc(C)o4)ccc3C)cc2)cc1. The zero-order chi connectivity index (χ0) is 23.4. The van der Waals surface area contributed by atoms with Crippen molar-refractivity contribution in [2.45, 2.75) is 26.7 Å². The van der Waals surface area contributed by atoms with Crippen LogP contribution in [0.5, 0.6) is 5.75 Å². The quantitative estimate of drug-likeness (QED) is 0.406. The molecule has 1 aromatic heterocycles. The van der Waals surface area contributed by atoms with Gasteiger partial charge in [-0.1, -0.05) is 37.3 Å². The summed E-state index contributed by atoms with van der Waals surface area (Å²) in [5.41, 5.74) is 5.85. The van der Waals surface area contributed by atoms with Crippen LogP contribution in [0, 0.1) is 13.8 Å². The van der Waals surface area contributed by atoms with Crippen LogP contribution in [0.3, 0.4) is 0 Å². The third kappa shape index (κ3) is 5.12. The summed E-state index contributed by atoms with van der Waals surface area (Å²) in [5, 5.41) is 11.0. The summed E-state index contributed by atoms with van der Waals surface area (Å²) in [6, 6.07) is 21.6. The van der Waals surface area contributed by atoms with Crippen LogP contribution in [0.4, 0.5) is 0 Å². The van der Waals surface area contributed by atoms with Crippen LogP contribution >= 0.6 is 0 Å². The van der Waals surface area contributed by atoms with Crippen LogP contribution < -0.4 is 10.1 Å². The molecule has 1 N–H and O–H groups in total. The van der Waals surface area contributed by atoms with E-state index in [-0.39, 0.29) is 11.8 Å². The first-order valence-corrected chi connectivity index (χ1v) is 10.9. The number of amides is 1. The predicted octanol–water partition coefficient (Wildman–Crippen LogP) is 5.56. The molecule has 0 saturated heterocycles. The van der Waals surface area contributed by atoms with Crippen molar-refractivity contribution in [2.24, 2.45) is 0 Å². The molecule has 6 heteroatoms. The number of nitrogens with zero attached hydrogens (tertiary/aromatic N) is 2. The van der Waals surface area contributed by atoms with Crippen LogP contribution in [0.2, 0.25) is 0 Å². The monoisotopic (exact) mass is 441 g/mol. The number of benzene rings is 3. The van der Waals surface area contributed by atoms with Crippen molar-refractivity contribution in [1.82, 2.24) is 15.5 Å². The molecule has 33 heavy (non-hydrogen) atoms. The number of ether oxygens (including phenoxy) is 1. The van der Waals surface area contributed by atoms with E-state index in [0.29, 0.717) is 23.9 Å². The van der Waals surface area contributed by atoms with Gasteiger partial charge >= 0.3 is 0 Å². The summed E-state index contributed by atoms with van der Waals surface area (Å²) in [6.45, 7) is 6.47. The molecule has 168 valence electrons. The van der Waals surface area contributed by atoms with Crippen molar-refractivity contribution >= 4 is 5.91 Å². The highest BCUT2D eigenvalue weighted by Gasteiger charge is 2.12. The van der Waals surface area contributed by atoms with E-state index in [0.717, 1.165) is 33.6 Å². The maximum Gasteiger partial charge on any atom is 0.251 e. The zero-order valence-corrected chi connectivity index (χ0v) is 19.3. The summed E-state index contributed by atoms with van der Waals surface area (Å²) in [4.78, 5) is 12.7. The number of hydrogen-bond acceptors (Lipinski definition) is 5. The normalized spacial score (nSPS) is 11.8. The van der Waals surface area contributed by atoms with Crippen molar-refractivity contribution in [1.29, 1.82) is 0 Å². The average Bonchev–Trinajstić information content (AvgIpc) is 3.29. The minimum Gasteiger partial charge on any atom is -0.497 e. The van der Waals surface area contributed by atoms with Gasteiger partial charge in [0.1, 0.15) is 5.75 Å². The van der Waals surface area contributed by atoms with Crippen molar-refractivity contribution in [3.63, 3.8) is 0 Å². The Hall–Kier alpha value is -3.93. The lowest BCUT2D eigenvalue weighted by molar-refractivity contribution is 0.0951. The molecule has 1 heterocycles. The van der Waals surface area contributed by atoms with E-state index >= 15 is 0 Å². The molecule has 0 bridgehead atoms. The van der Waals surface area contributed by atoms with Gasteiger partial charge in [0.25, 0.3) is 5.91 Å². The molecule has 4 aromatic rings. The molecule has 0 aliphatic heterocycles. The number of hydrogen-bond donors (Lipinski definition) is 1. The van der Waals surface area contributed by atoms with Gasteiger partial charge in [0.05, 0.1) is 7.11 Å². The van der Waals surface area contributed by atoms with Crippen molar-refractivity contribution < 1.29 is 13.9 Å². The molecule has 4 rings (SSSR count). The summed E-state index contributed by atoms with van der Waals surface area (Å²) < 4.78 is 10.8. The Morgan fingerprint density at radius 3 is 2.30 bits per heavy atom. The number of aromatic nitrogens is 2. The van der Waals surface area contributed by atoms with Gasteiger partial charge in [0, 0.05) is 24.6 Å². The second-order valence-corrected chi connectivity index (χ2v) is 8.12. The number of carbonyl (C=O) groups is 1. The third-order valence-electron chi connectivity index (χ3n) is 5.72. The molecule has 0 spiro atoms. The molecule has 0 saturated carbocycles. The van der Waals surface area contributed by atoms with Gasteiger partial charge in [-0.2, -0.15) is 0 Å². The number of carbonyl (C=O) groups excluding carboxylic acids is 1. The largest absolute Gasteiger partial charge is 0.497 e. The highest BCUT2D eigenvalue weighted by atomic mass is 16.5. The topological polar surface area (TPSA) is 77.2 Å². The lowest BCUT2D eigenvalue weighted by atomic mass is 9.97. The van der Waals surface area contributed by atoms with Crippen molar-refractivity contribution in [3.8, 4) is 28.3 Å². The summed E-state index contributed by atoms with van der Waals surface area (Å²) in [6.07, 6.45) is 0. The fraction of sp³-hybridized carbons (Fsp3) is 0.222. The Morgan fingerprint density at radius 1 is 0.970 bits per heavy atom. The Bertz CT molecular complexity index is 1240. The van der Waals surface area contributed by atoms with E-state index in [4.69, 9.17) is 9.15 Å². The van der Waals surface area contributed by atoms with E-state index < -0.39 is 0 Å². The third-order valence-corrected chi connectivity index (χ3v) is 5.72. The molecule has 0 radical (unpaired) electrons. The Balaban J connectivity index is 1.44. The van der Waals surface area contributed by atoms with Gasteiger partial charge in [-0.3, -0.25) is 4.79 Å². The summed E-state index contributed by atoms with van der Waals surface area (Å²) >= 11 is 0. The smallest absolute Gasteiger partial charge is 0.251 e. The lowest BCUT2D eigenvalue weighted by Gasteiger charge is -2.14. The van der Waals surface area contributed by atoms with E-state index in [1.807, 2.05) is 66.7 Å². The van der Waals surface area contributed by atoms with Gasteiger partial charge in [-0.15, -0.1) is 10.2 Å². The Labute approximate surface area is 193 Å². The molecule has 1 amide bonds. The molecule has 0 aliphatic rings. The summed E-state index contributed by atoms with van der Waals surface area (Å²) in [5.74, 6) is 1.95.